The van der Waals surface area contributed by atoms with Crippen molar-refractivity contribution in [3.05, 3.63) is 80.8 Å². The van der Waals surface area contributed by atoms with Crippen molar-refractivity contribution in [3.8, 4) is 11.1 Å². The molecule has 0 saturated heterocycles. The van der Waals surface area contributed by atoms with Gasteiger partial charge in [0.25, 0.3) is 5.91 Å². The van der Waals surface area contributed by atoms with Crippen LogP contribution in [0.3, 0.4) is 0 Å². The molecule has 1 aromatic heterocycles. The highest BCUT2D eigenvalue weighted by molar-refractivity contribution is 7.12. The van der Waals surface area contributed by atoms with Gasteiger partial charge < -0.3 is 10.4 Å². The van der Waals surface area contributed by atoms with E-state index in [0.29, 0.717) is 6.42 Å². The van der Waals surface area contributed by atoms with Crippen molar-refractivity contribution in [1.29, 1.82) is 0 Å². The molecule has 176 valence electrons. The van der Waals surface area contributed by atoms with Crippen LogP contribution in [-0.2, 0) is 11.2 Å². The lowest BCUT2D eigenvalue weighted by molar-refractivity contribution is -0.155. The van der Waals surface area contributed by atoms with Crippen molar-refractivity contribution < 1.29 is 19.1 Å². The van der Waals surface area contributed by atoms with E-state index < -0.39 is 5.97 Å². The predicted molar refractivity (Wildman–Crippen MR) is 132 cm³/mol. The van der Waals surface area contributed by atoms with Crippen LogP contribution in [0.15, 0.2) is 48.5 Å². The van der Waals surface area contributed by atoms with Crippen LogP contribution in [-0.4, -0.2) is 23.0 Å². The van der Waals surface area contributed by atoms with Gasteiger partial charge in [-0.1, -0.05) is 36.4 Å². The van der Waals surface area contributed by atoms with Crippen LogP contribution in [0.5, 0.6) is 0 Å². The van der Waals surface area contributed by atoms with Gasteiger partial charge in [0.2, 0.25) is 0 Å². The highest BCUT2D eigenvalue weighted by Crippen LogP contribution is 2.58. The molecule has 2 aliphatic rings. The average molecular weight is 478 g/mol. The van der Waals surface area contributed by atoms with Gasteiger partial charge in [0.15, 0.2) is 0 Å². The van der Waals surface area contributed by atoms with Gasteiger partial charge >= 0.3 is 5.97 Å². The molecule has 1 amide bonds. The molecule has 0 atom stereocenters. The number of nitrogens with one attached hydrogen (secondary N) is 1. The van der Waals surface area contributed by atoms with Gasteiger partial charge in [0, 0.05) is 15.8 Å². The van der Waals surface area contributed by atoms with Gasteiger partial charge in [0.1, 0.15) is 5.82 Å². The van der Waals surface area contributed by atoms with E-state index in [1.165, 1.54) is 12.1 Å². The number of carbonyl (C=O) groups is 2. The summed E-state index contributed by atoms with van der Waals surface area (Å²) in [4.78, 5) is 26.5. The van der Waals surface area contributed by atoms with Crippen LogP contribution in [0.1, 0.15) is 56.9 Å². The molecular formula is C28H28FNO3S. The second kappa shape index (κ2) is 8.66. The van der Waals surface area contributed by atoms with Crippen molar-refractivity contribution in [1.82, 2.24) is 5.32 Å². The summed E-state index contributed by atoms with van der Waals surface area (Å²) in [6.07, 6.45) is 3.89. The number of halogens is 1. The number of thiophene rings is 1. The summed E-state index contributed by atoms with van der Waals surface area (Å²) in [5.41, 5.74) is 4.86. The third kappa shape index (κ3) is 4.27. The van der Waals surface area contributed by atoms with E-state index in [0.717, 1.165) is 63.3 Å². The molecule has 0 radical (unpaired) electrons. The van der Waals surface area contributed by atoms with Crippen LogP contribution in [0.4, 0.5) is 4.39 Å². The van der Waals surface area contributed by atoms with Gasteiger partial charge in [-0.2, -0.15) is 0 Å². The highest BCUT2D eigenvalue weighted by atomic mass is 32.1. The molecule has 2 fully saturated rings. The summed E-state index contributed by atoms with van der Waals surface area (Å²) in [6.45, 7) is 4.05. The van der Waals surface area contributed by atoms with Gasteiger partial charge in [-0.3, -0.25) is 9.59 Å². The van der Waals surface area contributed by atoms with Gasteiger partial charge in [-0.15, -0.1) is 11.3 Å². The molecule has 2 aromatic carbocycles. The average Bonchev–Trinajstić information content (AvgIpc) is 3.01. The van der Waals surface area contributed by atoms with E-state index in [1.54, 1.807) is 17.4 Å². The molecule has 5 rings (SSSR count). The lowest BCUT2D eigenvalue weighted by Crippen LogP contribution is -2.57. The van der Waals surface area contributed by atoms with E-state index in [4.69, 9.17) is 5.11 Å². The molecule has 2 saturated carbocycles. The number of rotatable bonds is 6. The molecule has 3 aromatic rings. The SMILES string of the molecule is Cc1sc(C)c(C(=O)NC2CC3(C2)CC(C(=O)O)C3)c1Cc1ccc(-c2cccc(F)c2)cc1. The maximum Gasteiger partial charge on any atom is 0.306 e. The maximum atomic E-state index is 13.6. The Hall–Kier alpha value is -2.99. The normalized spacial score (nSPS) is 23.3. The third-order valence-corrected chi connectivity index (χ3v) is 8.57. The lowest BCUT2D eigenvalue weighted by atomic mass is 9.50. The molecule has 1 heterocycles. The van der Waals surface area contributed by atoms with Crippen LogP contribution in [0.2, 0.25) is 0 Å². The minimum Gasteiger partial charge on any atom is -0.481 e. The summed E-state index contributed by atoms with van der Waals surface area (Å²) >= 11 is 1.65. The zero-order valence-electron chi connectivity index (χ0n) is 19.4. The Bertz CT molecular complexity index is 1250. The van der Waals surface area contributed by atoms with Crippen LogP contribution >= 0.6 is 11.3 Å². The zero-order chi connectivity index (χ0) is 24.0. The topological polar surface area (TPSA) is 66.4 Å². The number of carboxylic acid groups (broad SMARTS) is 1. The molecule has 2 N–H and O–H groups in total. The van der Waals surface area contributed by atoms with Crippen molar-refractivity contribution in [2.45, 2.75) is 52.0 Å². The summed E-state index contributed by atoms with van der Waals surface area (Å²) in [5.74, 6) is -1.19. The largest absolute Gasteiger partial charge is 0.481 e. The fourth-order valence-corrected chi connectivity index (χ4v) is 6.84. The fraction of sp³-hybridized carbons (Fsp3) is 0.357. The first kappa shape index (κ1) is 22.8. The molecule has 1 spiro atoms. The number of aryl methyl sites for hydroxylation is 2. The smallest absolute Gasteiger partial charge is 0.306 e. The number of aliphatic carboxylic acids is 1. The van der Waals surface area contributed by atoms with Crippen molar-refractivity contribution in [2.24, 2.45) is 11.3 Å². The first-order valence-corrected chi connectivity index (χ1v) is 12.5. The Balaban J connectivity index is 1.26. The maximum absolute atomic E-state index is 13.6. The Morgan fingerprint density at radius 2 is 1.74 bits per heavy atom. The minimum atomic E-state index is -0.698. The zero-order valence-corrected chi connectivity index (χ0v) is 20.2. The van der Waals surface area contributed by atoms with Crippen LogP contribution in [0.25, 0.3) is 11.1 Å². The molecule has 0 bridgehead atoms. The Morgan fingerprint density at radius 3 is 2.38 bits per heavy atom. The number of carbonyl (C=O) groups excluding carboxylic acids is 1. The Labute approximate surface area is 202 Å². The van der Waals surface area contributed by atoms with Crippen LogP contribution in [0, 0.1) is 31.0 Å². The van der Waals surface area contributed by atoms with E-state index in [-0.39, 0.29) is 29.1 Å². The third-order valence-electron chi connectivity index (χ3n) is 7.51. The standard InChI is InChI=1S/C28H28FNO3S/c1-16-24(10-18-6-8-19(9-7-18)20-4-3-5-22(29)11-20)25(17(2)34-16)26(31)30-23-14-28(15-23)12-21(13-28)27(32)33/h3-9,11,21,23H,10,12-15H2,1-2H3,(H,30,31)(H,32,33). The number of carboxylic acids is 1. The second-order valence-electron chi connectivity index (χ2n) is 9.97. The molecule has 34 heavy (non-hydrogen) atoms. The molecule has 6 heteroatoms. The van der Waals surface area contributed by atoms with E-state index in [9.17, 15) is 14.0 Å². The highest BCUT2D eigenvalue weighted by Gasteiger charge is 2.55. The first-order valence-electron chi connectivity index (χ1n) is 11.7. The second-order valence-corrected chi connectivity index (χ2v) is 11.4. The number of hydrogen-bond donors (Lipinski definition) is 2. The molecule has 2 aliphatic carbocycles. The fourth-order valence-electron chi connectivity index (χ4n) is 5.77. The first-order chi connectivity index (χ1) is 16.2. The summed E-state index contributed by atoms with van der Waals surface area (Å²) in [5, 5.41) is 12.3. The number of benzene rings is 2. The summed E-state index contributed by atoms with van der Waals surface area (Å²) in [6, 6.07) is 14.8. The number of amides is 1. The van der Waals surface area contributed by atoms with Gasteiger partial charge in [-0.25, -0.2) is 4.39 Å². The van der Waals surface area contributed by atoms with Gasteiger partial charge in [0.05, 0.1) is 11.5 Å². The van der Waals surface area contributed by atoms with Crippen molar-refractivity contribution in [2.75, 3.05) is 0 Å². The van der Waals surface area contributed by atoms with Crippen molar-refractivity contribution in [3.63, 3.8) is 0 Å². The summed E-state index contributed by atoms with van der Waals surface area (Å²) < 4.78 is 13.6. The lowest BCUT2D eigenvalue weighted by Gasteiger charge is -2.56. The van der Waals surface area contributed by atoms with E-state index in [2.05, 4.69) is 12.2 Å². The molecular weight excluding hydrogens is 449 g/mol. The minimum absolute atomic E-state index is 0.0258. The molecule has 4 nitrogen and oxygen atoms in total. The Morgan fingerprint density at radius 1 is 1.03 bits per heavy atom. The summed E-state index contributed by atoms with van der Waals surface area (Å²) in [7, 11) is 0. The quantitative estimate of drug-likeness (QED) is 0.448. The molecule has 0 aliphatic heterocycles. The molecule has 0 unspecified atom stereocenters. The van der Waals surface area contributed by atoms with E-state index in [1.807, 2.05) is 37.3 Å². The van der Waals surface area contributed by atoms with Crippen molar-refractivity contribution >= 4 is 23.2 Å². The van der Waals surface area contributed by atoms with Gasteiger partial charge in [-0.05, 0) is 85.8 Å². The monoisotopic (exact) mass is 477 g/mol. The number of hydrogen-bond acceptors (Lipinski definition) is 3. The van der Waals surface area contributed by atoms with Crippen LogP contribution < -0.4 is 5.32 Å². The predicted octanol–water partition coefficient (Wildman–Crippen LogP) is 6.14. The Kier molecular flexibility index (Phi) is 5.80. The van der Waals surface area contributed by atoms with E-state index >= 15 is 0 Å².